The fourth-order valence-corrected chi connectivity index (χ4v) is 3.94. The Labute approximate surface area is 170 Å². The summed E-state index contributed by atoms with van der Waals surface area (Å²) in [6.45, 7) is 0. The minimum atomic E-state index is -0.0659. The third-order valence-electron chi connectivity index (χ3n) is 3.97. The minimum absolute atomic E-state index is 0.0659. The van der Waals surface area contributed by atoms with Crippen molar-refractivity contribution < 1.29 is 4.79 Å². The van der Waals surface area contributed by atoms with Gasteiger partial charge in [0.05, 0.1) is 16.3 Å². The standard InChI is InChI=1S/C22H15BrN2OS/c23-17-13-11-16(12-14-17)15-20-21(26)25(19-9-5-2-6-10-19)22(27-20)24-18-7-3-1-4-8-18/h1-15H/b20-15-,24-22?. The number of hydrogen-bond donors (Lipinski definition) is 0. The van der Waals surface area contributed by atoms with Crippen LogP contribution in [0.5, 0.6) is 0 Å². The Bertz CT molecular complexity index is 1020. The van der Waals surface area contributed by atoms with Gasteiger partial charge in [-0.05, 0) is 59.8 Å². The van der Waals surface area contributed by atoms with E-state index >= 15 is 0 Å². The van der Waals surface area contributed by atoms with Crippen LogP contribution in [0.4, 0.5) is 11.4 Å². The molecule has 5 heteroatoms. The van der Waals surface area contributed by atoms with Gasteiger partial charge in [0.2, 0.25) is 0 Å². The summed E-state index contributed by atoms with van der Waals surface area (Å²) in [5.74, 6) is -0.0659. The van der Waals surface area contributed by atoms with Crippen LogP contribution in [-0.2, 0) is 4.79 Å². The van der Waals surface area contributed by atoms with Crippen molar-refractivity contribution in [3.8, 4) is 0 Å². The van der Waals surface area contributed by atoms with E-state index in [1.807, 2.05) is 91.0 Å². The van der Waals surface area contributed by atoms with Crippen molar-refractivity contribution in [2.45, 2.75) is 0 Å². The predicted molar refractivity (Wildman–Crippen MR) is 117 cm³/mol. The van der Waals surface area contributed by atoms with Crippen molar-refractivity contribution in [1.29, 1.82) is 0 Å². The summed E-state index contributed by atoms with van der Waals surface area (Å²) >= 11 is 4.83. The predicted octanol–water partition coefficient (Wildman–Crippen LogP) is 6.26. The van der Waals surface area contributed by atoms with E-state index < -0.39 is 0 Å². The molecule has 1 aliphatic rings. The largest absolute Gasteiger partial charge is 0.271 e. The van der Waals surface area contributed by atoms with Gasteiger partial charge in [0.15, 0.2) is 5.17 Å². The van der Waals surface area contributed by atoms with Gasteiger partial charge in [0.1, 0.15) is 0 Å². The number of hydrogen-bond acceptors (Lipinski definition) is 3. The van der Waals surface area contributed by atoms with E-state index in [0.717, 1.165) is 21.4 Å². The van der Waals surface area contributed by atoms with E-state index in [4.69, 9.17) is 4.99 Å². The van der Waals surface area contributed by atoms with E-state index in [2.05, 4.69) is 15.9 Å². The molecule has 3 aromatic rings. The average Bonchev–Trinajstić information content (AvgIpc) is 3.00. The third-order valence-corrected chi connectivity index (χ3v) is 5.47. The molecule has 1 fully saturated rings. The molecule has 0 N–H and O–H groups in total. The molecular weight excluding hydrogens is 420 g/mol. The van der Waals surface area contributed by atoms with Crippen molar-refractivity contribution in [3.63, 3.8) is 0 Å². The van der Waals surface area contributed by atoms with Crippen LogP contribution >= 0.6 is 27.7 Å². The Morgan fingerprint density at radius 1 is 0.852 bits per heavy atom. The highest BCUT2D eigenvalue weighted by molar-refractivity contribution is 9.10. The zero-order chi connectivity index (χ0) is 18.6. The summed E-state index contributed by atoms with van der Waals surface area (Å²) in [5, 5.41) is 0.653. The Balaban J connectivity index is 1.76. The van der Waals surface area contributed by atoms with Crippen LogP contribution < -0.4 is 4.90 Å². The summed E-state index contributed by atoms with van der Waals surface area (Å²) in [6, 6.07) is 27.2. The molecule has 0 aromatic heterocycles. The molecule has 27 heavy (non-hydrogen) atoms. The number of carbonyl (C=O) groups excluding carboxylic acids is 1. The summed E-state index contributed by atoms with van der Waals surface area (Å²) < 4.78 is 1.01. The Hall–Kier alpha value is -2.63. The molecule has 1 saturated heterocycles. The maximum absolute atomic E-state index is 13.1. The molecule has 0 radical (unpaired) electrons. The number of anilines is 1. The summed E-state index contributed by atoms with van der Waals surface area (Å²) in [7, 11) is 0. The van der Waals surface area contributed by atoms with Crippen molar-refractivity contribution in [1.82, 2.24) is 0 Å². The molecule has 1 aliphatic heterocycles. The monoisotopic (exact) mass is 434 g/mol. The highest BCUT2D eigenvalue weighted by Crippen LogP contribution is 2.37. The first kappa shape index (κ1) is 17.8. The second-order valence-electron chi connectivity index (χ2n) is 5.87. The van der Waals surface area contributed by atoms with Gasteiger partial charge in [-0.3, -0.25) is 9.69 Å². The van der Waals surface area contributed by atoms with Gasteiger partial charge < -0.3 is 0 Å². The molecule has 0 bridgehead atoms. The topological polar surface area (TPSA) is 32.7 Å². The number of aliphatic imine (C=N–C) groups is 1. The lowest BCUT2D eigenvalue weighted by atomic mass is 10.2. The van der Waals surface area contributed by atoms with Crippen LogP contribution in [0.1, 0.15) is 5.56 Å². The second kappa shape index (κ2) is 7.94. The lowest BCUT2D eigenvalue weighted by Gasteiger charge is -2.15. The summed E-state index contributed by atoms with van der Waals surface area (Å²) in [4.78, 5) is 20.2. The molecule has 1 amide bonds. The Kier molecular flexibility index (Phi) is 5.23. The van der Waals surface area contributed by atoms with Gasteiger partial charge in [0, 0.05) is 4.47 Å². The molecule has 0 aliphatic carbocycles. The Morgan fingerprint density at radius 3 is 2.15 bits per heavy atom. The lowest BCUT2D eigenvalue weighted by Crippen LogP contribution is -2.28. The molecule has 0 atom stereocenters. The first-order valence-corrected chi connectivity index (χ1v) is 10.00. The fraction of sp³-hybridized carbons (Fsp3) is 0. The van der Waals surface area contributed by atoms with E-state index in [1.54, 1.807) is 4.90 Å². The molecule has 0 spiro atoms. The van der Waals surface area contributed by atoms with Gasteiger partial charge in [-0.25, -0.2) is 4.99 Å². The lowest BCUT2D eigenvalue weighted by molar-refractivity contribution is -0.113. The first-order valence-electron chi connectivity index (χ1n) is 8.39. The molecule has 1 heterocycles. The normalized spacial score (nSPS) is 17.1. The van der Waals surface area contributed by atoms with E-state index in [0.29, 0.717) is 10.1 Å². The summed E-state index contributed by atoms with van der Waals surface area (Å²) in [6.07, 6.45) is 1.91. The highest BCUT2D eigenvalue weighted by Gasteiger charge is 2.34. The fourth-order valence-electron chi connectivity index (χ4n) is 2.68. The molecule has 3 aromatic carbocycles. The number of thioether (sulfide) groups is 1. The minimum Gasteiger partial charge on any atom is -0.268 e. The average molecular weight is 435 g/mol. The number of amides is 1. The molecular formula is C22H15BrN2OS. The van der Waals surface area contributed by atoms with E-state index in [9.17, 15) is 4.79 Å². The molecule has 3 nitrogen and oxygen atoms in total. The highest BCUT2D eigenvalue weighted by atomic mass is 79.9. The maximum Gasteiger partial charge on any atom is 0.271 e. The van der Waals surface area contributed by atoms with Crippen molar-refractivity contribution in [3.05, 3.63) is 99.9 Å². The number of nitrogens with zero attached hydrogens (tertiary/aromatic N) is 2. The van der Waals surface area contributed by atoms with Gasteiger partial charge in [-0.15, -0.1) is 0 Å². The van der Waals surface area contributed by atoms with Crippen LogP contribution in [0, 0.1) is 0 Å². The molecule has 4 rings (SSSR count). The third kappa shape index (κ3) is 4.04. The van der Waals surface area contributed by atoms with Crippen LogP contribution in [0.15, 0.2) is 99.3 Å². The number of amidine groups is 1. The van der Waals surface area contributed by atoms with E-state index in [1.165, 1.54) is 11.8 Å². The first-order chi connectivity index (χ1) is 13.2. The van der Waals surface area contributed by atoms with Gasteiger partial charge in [0.25, 0.3) is 5.91 Å². The molecule has 0 saturated carbocycles. The van der Waals surface area contributed by atoms with Gasteiger partial charge >= 0.3 is 0 Å². The van der Waals surface area contributed by atoms with Crippen LogP contribution in [0.25, 0.3) is 6.08 Å². The Morgan fingerprint density at radius 2 is 1.48 bits per heavy atom. The van der Waals surface area contributed by atoms with Crippen LogP contribution in [0.2, 0.25) is 0 Å². The number of para-hydroxylation sites is 2. The van der Waals surface area contributed by atoms with Crippen molar-refractivity contribution in [2.24, 2.45) is 4.99 Å². The van der Waals surface area contributed by atoms with Gasteiger partial charge in [-0.2, -0.15) is 0 Å². The quantitative estimate of drug-likeness (QED) is 0.455. The zero-order valence-electron chi connectivity index (χ0n) is 14.2. The van der Waals surface area contributed by atoms with E-state index in [-0.39, 0.29) is 5.91 Å². The zero-order valence-corrected chi connectivity index (χ0v) is 16.7. The SMILES string of the molecule is O=C1/C(=C/c2ccc(Br)cc2)SC(=Nc2ccccc2)N1c1ccccc1. The second-order valence-corrected chi connectivity index (χ2v) is 7.79. The van der Waals surface area contributed by atoms with Crippen LogP contribution in [0.3, 0.4) is 0 Å². The number of halogens is 1. The van der Waals surface area contributed by atoms with Crippen LogP contribution in [-0.4, -0.2) is 11.1 Å². The number of rotatable bonds is 3. The van der Waals surface area contributed by atoms with Crippen molar-refractivity contribution in [2.75, 3.05) is 4.90 Å². The molecule has 0 unspecified atom stereocenters. The number of benzene rings is 3. The smallest absolute Gasteiger partial charge is 0.268 e. The van der Waals surface area contributed by atoms with Gasteiger partial charge in [-0.1, -0.05) is 64.5 Å². The molecule has 132 valence electrons. The summed E-state index contributed by atoms with van der Waals surface area (Å²) in [5.41, 5.74) is 2.60. The maximum atomic E-state index is 13.1. The number of carbonyl (C=O) groups is 1. The van der Waals surface area contributed by atoms with Crippen molar-refractivity contribution >= 4 is 56.2 Å².